The topological polar surface area (TPSA) is 76.7 Å². The summed E-state index contributed by atoms with van der Waals surface area (Å²) in [5.41, 5.74) is 1.18. The molecule has 7 heteroatoms. The van der Waals surface area contributed by atoms with Crippen molar-refractivity contribution in [3.8, 4) is 5.75 Å². The summed E-state index contributed by atoms with van der Waals surface area (Å²) in [6.45, 7) is 1.27. The van der Waals surface area contributed by atoms with Gasteiger partial charge in [0.15, 0.2) is 0 Å². The van der Waals surface area contributed by atoms with Gasteiger partial charge in [-0.15, -0.1) is 11.3 Å². The second kappa shape index (κ2) is 8.14. The van der Waals surface area contributed by atoms with E-state index in [2.05, 4.69) is 10.6 Å². The molecule has 0 spiro atoms. The third-order valence-corrected chi connectivity index (χ3v) is 4.82. The van der Waals surface area contributed by atoms with Gasteiger partial charge in [-0.2, -0.15) is 0 Å². The van der Waals surface area contributed by atoms with E-state index in [1.54, 1.807) is 14.2 Å². The Balaban J connectivity index is 1.82. The van der Waals surface area contributed by atoms with Crippen molar-refractivity contribution in [3.63, 3.8) is 0 Å². The molecular weight excluding hydrogens is 304 g/mol. The van der Waals surface area contributed by atoms with E-state index in [-0.39, 0.29) is 18.2 Å². The molecule has 1 aromatic rings. The molecule has 0 saturated heterocycles. The highest BCUT2D eigenvalue weighted by Gasteiger charge is 2.26. The minimum atomic E-state index is -0.166. The third kappa shape index (κ3) is 3.98. The van der Waals surface area contributed by atoms with E-state index < -0.39 is 0 Å². The van der Waals surface area contributed by atoms with Gasteiger partial charge in [-0.3, -0.25) is 9.59 Å². The molecule has 1 aliphatic rings. The third-order valence-electron chi connectivity index (χ3n) is 3.55. The lowest BCUT2D eigenvalue weighted by molar-refractivity contribution is -0.121. The van der Waals surface area contributed by atoms with E-state index in [9.17, 15) is 9.59 Å². The van der Waals surface area contributed by atoms with Gasteiger partial charge in [0.05, 0.1) is 13.7 Å². The van der Waals surface area contributed by atoms with Crippen molar-refractivity contribution in [1.82, 2.24) is 10.6 Å². The van der Waals surface area contributed by atoms with Crippen LogP contribution in [0.15, 0.2) is 0 Å². The van der Waals surface area contributed by atoms with Crippen LogP contribution in [0.4, 0.5) is 0 Å². The molecule has 0 fully saturated rings. The highest BCUT2D eigenvalue weighted by Crippen LogP contribution is 2.40. The molecule has 1 aromatic heterocycles. The minimum Gasteiger partial charge on any atom is -0.495 e. The smallest absolute Gasteiger partial charge is 0.265 e. The molecule has 0 aliphatic heterocycles. The predicted octanol–water partition coefficient (Wildman–Crippen LogP) is 1.13. The molecule has 22 heavy (non-hydrogen) atoms. The summed E-state index contributed by atoms with van der Waals surface area (Å²) in [5.74, 6) is 0.443. The number of thiophene rings is 1. The maximum Gasteiger partial charge on any atom is 0.265 e. The normalized spacial score (nSPS) is 12.8. The SMILES string of the molecule is COCCNC(=O)CCNC(=O)c1sc2c(c1OC)CCC2. The molecular formula is C15H22N2O4S. The quantitative estimate of drug-likeness (QED) is 0.702. The largest absolute Gasteiger partial charge is 0.495 e. The van der Waals surface area contributed by atoms with Crippen LogP contribution in [-0.4, -0.2) is 45.7 Å². The molecule has 1 aliphatic carbocycles. The van der Waals surface area contributed by atoms with E-state index in [1.807, 2.05) is 0 Å². The number of nitrogens with one attached hydrogen (secondary N) is 2. The number of carbonyl (C=O) groups is 2. The zero-order valence-corrected chi connectivity index (χ0v) is 13.8. The molecule has 0 atom stereocenters. The van der Waals surface area contributed by atoms with Crippen LogP contribution in [0.1, 0.15) is 33.0 Å². The van der Waals surface area contributed by atoms with Gasteiger partial charge in [-0.25, -0.2) is 0 Å². The average Bonchev–Trinajstić information content (AvgIpc) is 3.07. The highest BCUT2D eigenvalue weighted by molar-refractivity contribution is 7.14. The first kappa shape index (κ1) is 16.8. The maximum atomic E-state index is 12.2. The van der Waals surface area contributed by atoms with Gasteiger partial charge < -0.3 is 20.1 Å². The minimum absolute atomic E-state index is 0.0991. The fraction of sp³-hybridized carbons (Fsp3) is 0.600. The monoisotopic (exact) mass is 326 g/mol. The van der Waals surface area contributed by atoms with Gasteiger partial charge >= 0.3 is 0 Å². The van der Waals surface area contributed by atoms with Crippen molar-refractivity contribution in [2.24, 2.45) is 0 Å². The number of rotatable bonds is 8. The molecule has 0 saturated carbocycles. The second-order valence-electron chi connectivity index (χ2n) is 5.07. The van der Waals surface area contributed by atoms with Gasteiger partial charge in [0.2, 0.25) is 5.91 Å². The molecule has 6 nitrogen and oxygen atoms in total. The predicted molar refractivity (Wildman–Crippen MR) is 84.7 cm³/mol. The van der Waals surface area contributed by atoms with Crippen molar-refractivity contribution in [3.05, 3.63) is 15.3 Å². The number of ether oxygens (including phenoxy) is 2. The second-order valence-corrected chi connectivity index (χ2v) is 6.17. The van der Waals surface area contributed by atoms with Crippen molar-refractivity contribution >= 4 is 23.2 Å². The fourth-order valence-electron chi connectivity index (χ4n) is 2.49. The molecule has 2 rings (SSSR count). The van der Waals surface area contributed by atoms with E-state index in [0.29, 0.717) is 30.3 Å². The first-order valence-corrected chi connectivity index (χ1v) is 8.21. The maximum absolute atomic E-state index is 12.2. The number of hydrogen-bond acceptors (Lipinski definition) is 5. The Morgan fingerprint density at radius 2 is 2.00 bits per heavy atom. The van der Waals surface area contributed by atoms with Crippen LogP contribution in [0.3, 0.4) is 0 Å². The van der Waals surface area contributed by atoms with Gasteiger partial charge in [-0.1, -0.05) is 0 Å². The highest BCUT2D eigenvalue weighted by atomic mass is 32.1. The zero-order chi connectivity index (χ0) is 15.9. The summed E-state index contributed by atoms with van der Waals surface area (Å²) in [4.78, 5) is 25.6. The Bertz CT molecular complexity index is 542. The van der Waals surface area contributed by atoms with Crippen LogP contribution in [0.2, 0.25) is 0 Å². The lowest BCUT2D eigenvalue weighted by atomic mass is 10.2. The zero-order valence-electron chi connectivity index (χ0n) is 13.0. The molecule has 1 heterocycles. The summed E-state index contributed by atoms with van der Waals surface area (Å²) >= 11 is 1.50. The van der Waals surface area contributed by atoms with Crippen LogP contribution < -0.4 is 15.4 Å². The van der Waals surface area contributed by atoms with E-state index >= 15 is 0 Å². The van der Waals surface area contributed by atoms with E-state index in [1.165, 1.54) is 21.8 Å². The Kier molecular flexibility index (Phi) is 6.21. The Hall–Kier alpha value is -1.60. The van der Waals surface area contributed by atoms with E-state index in [0.717, 1.165) is 19.3 Å². The lowest BCUT2D eigenvalue weighted by Crippen LogP contribution is -2.32. The van der Waals surface area contributed by atoms with Gasteiger partial charge in [-0.05, 0) is 19.3 Å². The van der Waals surface area contributed by atoms with Crippen LogP contribution in [0.5, 0.6) is 5.75 Å². The van der Waals surface area contributed by atoms with Crippen LogP contribution in [0.25, 0.3) is 0 Å². The number of amides is 2. The van der Waals surface area contributed by atoms with Crippen molar-refractivity contribution in [1.29, 1.82) is 0 Å². The van der Waals surface area contributed by atoms with Gasteiger partial charge in [0.1, 0.15) is 10.6 Å². The lowest BCUT2D eigenvalue weighted by Gasteiger charge is -2.07. The van der Waals surface area contributed by atoms with Crippen LogP contribution in [0, 0.1) is 0 Å². The standard InChI is InChI=1S/C15H22N2O4S/c1-20-9-8-16-12(18)6-7-17-15(19)14-13(21-2)10-4-3-5-11(10)22-14/h3-9H2,1-2H3,(H,16,18)(H,17,19). The molecule has 2 amide bonds. The summed E-state index contributed by atoms with van der Waals surface area (Å²) in [7, 11) is 3.18. The van der Waals surface area contributed by atoms with Crippen LogP contribution >= 0.6 is 11.3 Å². The molecule has 2 N–H and O–H groups in total. The molecule has 0 radical (unpaired) electrons. The summed E-state index contributed by atoms with van der Waals surface area (Å²) in [6, 6.07) is 0. The summed E-state index contributed by atoms with van der Waals surface area (Å²) in [6.07, 6.45) is 3.37. The number of methoxy groups -OCH3 is 2. The number of hydrogen-bond donors (Lipinski definition) is 2. The summed E-state index contributed by atoms with van der Waals surface area (Å²) in [5, 5.41) is 5.50. The first-order valence-electron chi connectivity index (χ1n) is 7.39. The molecule has 0 unspecified atom stereocenters. The Morgan fingerprint density at radius 1 is 1.18 bits per heavy atom. The molecule has 0 aromatic carbocycles. The number of carbonyl (C=O) groups excluding carboxylic acids is 2. The summed E-state index contributed by atoms with van der Waals surface area (Å²) < 4.78 is 10.2. The number of fused-ring (bicyclic) bond motifs is 1. The molecule has 0 bridgehead atoms. The molecule has 122 valence electrons. The fourth-order valence-corrected chi connectivity index (χ4v) is 3.77. The Labute approximate surface area is 134 Å². The average molecular weight is 326 g/mol. The van der Waals surface area contributed by atoms with Crippen molar-refractivity contribution in [2.75, 3.05) is 33.9 Å². The van der Waals surface area contributed by atoms with E-state index in [4.69, 9.17) is 9.47 Å². The number of aryl methyl sites for hydroxylation is 1. The Morgan fingerprint density at radius 3 is 2.73 bits per heavy atom. The van der Waals surface area contributed by atoms with Crippen molar-refractivity contribution in [2.45, 2.75) is 25.7 Å². The van der Waals surface area contributed by atoms with Gasteiger partial charge in [0.25, 0.3) is 5.91 Å². The van der Waals surface area contributed by atoms with Crippen LogP contribution in [-0.2, 0) is 22.4 Å². The van der Waals surface area contributed by atoms with Gasteiger partial charge in [0, 0.05) is 37.1 Å². The first-order chi connectivity index (χ1) is 10.7. The van der Waals surface area contributed by atoms with Crippen molar-refractivity contribution < 1.29 is 19.1 Å².